The molecule has 0 radical (unpaired) electrons. The minimum atomic E-state index is 0.0581. The molecule has 2 saturated heterocycles. The van der Waals surface area contributed by atoms with Crippen LogP contribution in [-0.2, 0) is 4.74 Å². The standard InChI is InChI=1S/C18H33N3O2/c1-20(2)16-7-6-11-21(14-16)17(22)19-15-8-12-23-18(13-15)9-4-3-5-10-18/h15-16H,3-14H2,1-2H3,(H,19,22)/t15-,16-/m0/s1. The number of carbonyl (C=O) groups excluding carboxylic acids is 1. The van der Waals surface area contributed by atoms with Crippen molar-refractivity contribution in [1.29, 1.82) is 0 Å². The van der Waals surface area contributed by atoms with Crippen LogP contribution in [-0.4, -0.2) is 67.3 Å². The first-order chi connectivity index (χ1) is 11.1. The number of nitrogens with zero attached hydrogens (tertiary/aromatic N) is 2. The number of rotatable bonds is 2. The van der Waals surface area contributed by atoms with E-state index in [1.54, 1.807) is 0 Å². The molecule has 132 valence electrons. The third-order valence-electron chi connectivity index (χ3n) is 6.00. The average Bonchev–Trinajstić information content (AvgIpc) is 2.55. The van der Waals surface area contributed by atoms with Gasteiger partial charge in [-0.05, 0) is 52.6 Å². The van der Waals surface area contributed by atoms with Crippen molar-refractivity contribution in [2.75, 3.05) is 33.8 Å². The fraction of sp³-hybridized carbons (Fsp3) is 0.944. The average molecular weight is 323 g/mol. The van der Waals surface area contributed by atoms with Crippen LogP contribution in [0.25, 0.3) is 0 Å². The Labute approximate surface area is 140 Å². The first-order valence-corrected chi connectivity index (χ1v) is 9.44. The maximum Gasteiger partial charge on any atom is 0.317 e. The second-order valence-electron chi connectivity index (χ2n) is 7.94. The third-order valence-corrected chi connectivity index (χ3v) is 6.00. The number of likely N-dealkylation sites (N-methyl/N-ethyl adjacent to an activating group) is 1. The largest absolute Gasteiger partial charge is 0.375 e. The summed E-state index contributed by atoms with van der Waals surface area (Å²) in [5.74, 6) is 0. The highest BCUT2D eigenvalue weighted by molar-refractivity contribution is 5.74. The maximum absolute atomic E-state index is 12.7. The first kappa shape index (κ1) is 17.0. The topological polar surface area (TPSA) is 44.8 Å². The van der Waals surface area contributed by atoms with E-state index >= 15 is 0 Å². The summed E-state index contributed by atoms with van der Waals surface area (Å²) in [7, 11) is 4.22. The fourth-order valence-electron chi connectivity index (χ4n) is 4.52. The van der Waals surface area contributed by atoms with Crippen molar-refractivity contribution in [3.8, 4) is 0 Å². The molecule has 2 aliphatic heterocycles. The second kappa shape index (κ2) is 7.39. The Morgan fingerprint density at radius 3 is 2.70 bits per heavy atom. The molecular weight excluding hydrogens is 290 g/mol. The highest BCUT2D eigenvalue weighted by Gasteiger charge is 2.39. The molecule has 2 amide bonds. The molecule has 3 aliphatic rings. The Morgan fingerprint density at radius 2 is 1.96 bits per heavy atom. The number of carbonyl (C=O) groups is 1. The van der Waals surface area contributed by atoms with Crippen LogP contribution in [0.15, 0.2) is 0 Å². The van der Waals surface area contributed by atoms with Crippen molar-refractivity contribution in [2.24, 2.45) is 0 Å². The molecule has 0 bridgehead atoms. The number of urea groups is 1. The van der Waals surface area contributed by atoms with Crippen molar-refractivity contribution in [3.05, 3.63) is 0 Å². The van der Waals surface area contributed by atoms with E-state index in [4.69, 9.17) is 4.74 Å². The number of hydrogen-bond donors (Lipinski definition) is 1. The monoisotopic (exact) mass is 323 g/mol. The summed E-state index contributed by atoms with van der Waals surface area (Å²) in [6.07, 6.45) is 10.5. The zero-order valence-electron chi connectivity index (χ0n) is 14.9. The molecule has 0 aromatic rings. The lowest BCUT2D eigenvalue weighted by molar-refractivity contribution is -0.108. The van der Waals surface area contributed by atoms with Gasteiger partial charge in [-0.15, -0.1) is 0 Å². The molecule has 0 aromatic carbocycles. The van der Waals surface area contributed by atoms with Gasteiger partial charge in [-0.25, -0.2) is 4.79 Å². The number of likely N-dealkylation sites (tertiary alicyclic amines) is 1. The van der Waals surface area contributed by atoms with E-state index in [-0.39, 0.29) is 17.7 Å². The lowest BCUT2D eigenvalue weighted by Gasteiger charge is -2.44. The van der Waals surface area contributed by atoms with Gasteiger partial charge in [-0.2, -0.15) is 0 Å². The van der Waals surface area contributed by atoms with E-state index in [9.17, 15) is 4.79 Å². The third kappa shape index (κ3) is 4.18. The number of piperidine rings is 1. The Balaban J connectivity index is 1.53. The summed E-state index contributed by atoms with van der Waals surface area (Å²) in [5.41, 5.74) is 0.0581. The van der Waals surface area contributed by atoms with Crippen LogP contribution in [0.5, 0.6) is 0 Å². The van der Waals surface area contributed by atoms with Crippen LogP contribution >= 0.6 is 0 Å². The molecule has 5 nitrogen and oxygen atoms in total. The predicted molar refractivity (Wildman–Crippen MR) is 91.6 cm³/mol. The van der Waals surface area contributed by atoms with E-state index in [0.717, 1.165) is 39.0 Å². The van der Waals surface area contributed by atoms with Crippen LogP contribution in [0.3, 0.4) is 0 Å². The first-order valence-electron chi connectivity index (χ1n) is 9.44. The van der Waals surface area contributed by atoms with Gasteiger partial charge in [0.05, 0.1) is 5.60 Å². The fourth-order valence-corrected chi connectivity index (χ4v) is 4.52. The molecule has 3 rings (SSSR count). The van der Waals surface area contributed by atoms with Gasteiger partial charge in [0.1, 0.15) is 0 Å². The van der Waals surface area contributed by atoms with Gasteiger partial charge in [-0.1, -0.05) is 19.3 Å². The van der Waals surface area contributed by atoms with Crippen molar-refractivity contribution in [2.45, 2.75) is 75.5 Å². The molecule has 0 aromatic heterocycles. The summed E-state index contributed by atoms with van der Waals surface area (Å²) >= 11 is 0. The van der Waals surface area contributed by atoms with Crippen LogP contribution in [0, 0.1) is 0 Å². The van der Waals surface area contributed by atoms with Gasteiger partial charge in [0, 0.05) is 31.8 Å². The predicted octanol–water partition coefficient (Wildman–Crippen LogP) is 2.60. The van der Waals surface area contributed by atoms with Gasteiger partial charge >= 0.3 is 6.03 Å². The smallest absolute Gasteiger partial charge is 0.317 e. The lowest BCUT2D eigenvalue weighted by Crippen LogP contribution is -2.55. The molecule has 3 fully saturated rings. The van der Waals surface area contributed by atoms with Crippen molar-refractivity contribution >= 4 is 6.03 Å². The summed E-state index contributed by atoms with van der Waals surface area (Å²) < 4.78 is 6.14. The zero-order chi connectivity index (χ0) is 16.3. The van der Waals surface area contributed by atoms with Crippen LogP contribution in [0.2, 0.25) is 0 Å². The Bertz CT molecular complexity index is 402. The van der Waals surface area contributed by atoms with Gasteiger partial charge in [0.2, 0.25) is 0 Å². The van der Waals surface area contributed by atoms with E-state index in [1.165, 1.54) is 38.5 Å². The molecule has 1 saturated carbocycles. The van der Waals surface area contributed by atoms with E-state index in [1.807, 2.05) is 4.90 Å². The molecule has 1 spiro atoms. The number of ether oxygens (including phenoxy) is 1. The molecule has 1 aliphatic carbocycles. The molecule has 2 heterocycles. The Kier molecular flexibility index (Phi) is 5.47. The highest BCUT2D eigenvalue weighted by atomic mass is 16.5. The highest BCUT2D eigenvalue weighted by Crippen LogP contribution is 2.38. The molecule has 23 heavy (non-hydrogen) atoms. The van der Waals surface area contributed by atoms with Gasteiger partial charge in [0.25, 0.3) is 0 Å². The Morgan fingerprint density at radius 1 is 1.17 bits per heavy atom. The van der Waals surface area contributed by atoms with Gasteiger partial charge < -0.3 is 19.9 Å². The molecule has 5 heteroatoms. The molecule has 1 N–H and O–H groups in total. The Hall–Kier alpha value is -0.810. The van der Waals surface area contributed by atoms with Crippen LogP contribution in [0.4, 0.5) is 4.79 Å². The quantitative estimate of drug-likeness (QED) is 0.849. The van der Waals surface area contributed by atoms with Crippen LogP contribution in [0.1, 0.15) is 57.8 Å². The van der Waals surface area contributed by atoms with E-state index in [0.29, 0.717) is 6.04 Å². The van der Waals surface area contributed by atoms with Crippen molar-refractivity contribution in [1.82, 2.24) is 15.1 Å². The normalized spacial score (nSPS) is 31.3. The van der Waals surface area contributed by atoms with E-state index < -0.39 is 0 Å². The second-order valence-corrected chi connectivity index (χ2v) is 7.94. The van der Waals surface area contributed by atoms with Crippen LogP contribution < -0.4 is 5.32 Å². The summed E-state index contributed by atoms with van der Waals surface area (Å²) in [5, 5.41) is 3.31. The van der Waals surface area contributed by atoms with Gasteiger partial charge in [0.15, 0.2) is 0 Å². The van der Waals surface area contributed by atoms with Crippen molar-refractivity contribution in [3.63, 3.8) is 0 Å². The van der Waals surface area contributed by atoms with E-state index in [2.05, 4.69) is 24.3 Å². The molecule has 0 unspecified atom stereocenters. The van der Waals surface area contributed by atoms with Gasteiger partial charge in [-0.3, -0.25) is 0 Å². The minimum Gasteiger partial charge on any atom is -0.375 e. The molecular formula is C18H33N3O2. The summed E-state index contributed by atoms with van der Waals surface area (Å²) in [6.45, 7) is 2.54. The minimum absolute atomic E-state index is 0.0581. The number of amides is 2. The summed E-state index contributed by atoms with van der Waals surface area (Å²) in [6, 6.07) is 0.914. The van der Waals surface area contributed by atoms with Crippen molar-refractivity contribution < 1.29 is 9.53 Å². The zero-order valence-corrected chi connectivity index (χ0v) is 14.9. The maximum atomic E-state index is 12.7. The number of hydrogen-bond acceptors (Lipinski definition) is 3. The molecule has 2 atom stereocenters. The SMILES string of the molecule is CN(C)[C@H]1CCCN(C(=O)N[C@H]2CCOC3(CCCCC3)C2)C1. The summed E-state index contributed by atoms with van der Waals surface area (Å²) in [4.78, 5) is 16.9. The lowest BCUT2D eigenvalue weighted by atomic mass is 9.78. The number of nitrogens with one attached hydrogen (secondary N) is 1.